The van der Waals surface area contributed by atoms with E-state index in [4.69, 9.17) is 0 Å². The maximum Gasteiger partial charge on any atom is 0.224 e. The van der Waals surface area contributed by atoms with Gasteiger partial charge in [-0.15, -0.1) is 0 Å². The Morgan fingerprint density at radius 1 is 1.09 bits per heavy atom. The van der Waals surface area contributed by atoms with Gasteiger partial charge < -0.3 is 10.4 Å². The first-order chi connectivity index (χ1) is 10.7. The summed E-state index contributed by atoms with van der Waals surface area (Å²) in [5, 5.41) is 12.9. The molecule has 3 heteroatoms. The van der Waals surface area contributed by atoms with Crippen LogP contribution < -0.4 is 5.32 Å². The molecule has 1 fully saturated rings. The van der Waals surface area contributed by atoms with Crippen LogP contribution in [0.5, 0.6) is 5.75 Å². The van der Waals surface area contributed by atoms with E-state index in [1.165, 1.54) is 18.4 Å². The van der Waals surface area contributed by atoms with Gasteiger partial charge in [-0.05, 0) is 36.8 Å². The number of benzene rings is 2. The minimum absolute atomic E-state index is 0.0191. The Balaban J connectivity index is 1.61. The number of phenols is 1. The number of carbonyl (C=O) groups excluding carboxylic acids is 1. The van der Waals surface area contributed by atoms with Crippen LogP contribution in [0.3, 0.4) is 0 Å². The largest absolute Gasteiger partial charge is 0.508 e. The van der Waals surface area contributed by atoms with Crippen molar-refractivity contribution in [1.82, 2.24) is 5.32 Å². The van der Waals surface area contributed by atoms with Crippen molar-refractivity contribution in [2.75, 3.05) is 0 Å². The number of rotatable bonds is 6. The predicted octanol–water partition coefficient (Wildman–Crippen LogP) is 3.07. The van der Waals surface area contributed by atoms with E-state index >= 15 is 0 Å². The molecule has 1 aliphatic carbocycles. The molecule has 0 radical (unpaired) electrons. The van der Waals surface area contributed by atoms with Crippen LogP contribution in [0.2, 0.25) is 0 Å². The highest BCUT2D eigenvalue weighted by molar-refractivity contribution is 5.79. The zero-order chi connectivity index (χ0) is 15.4. The molecule has 0 saturated heterocycles. The van der Waals surface area contributed by atoms with Crippen LogP contribution in [-0.2, 0) is 17.6 Å². The van der Waals surface area contributed by atoms with Gasteiger partial charge >= 0.3 is 0 Å². The average Bonchev–Trinajstić information content (AvgIpc) is 3.35. The lowest BCUT2D eigenvalue weighted by Crippen LogP contribution is -2.39. The van der Waals surface area contributed by atoms with E-state index in [1.54, 1.807) is 18.2 Å². The van der Waals surface area contributed by atoms with Crippen molar-refractivity contribution in [2.24, 2.45) is 5.92 Å². The molecule has 0 spiro atoms. The summed E-state index contributed by atoms with van der Waals surface area (Å²) < 4.78 is 0. The van der Waals surface area contributed by atoms with Gasteiger partial charge in [0.15, 0.2) is 0 Å². The fourth-order valence-corrected chi connectivity index (χ4v) is 2.79. The summed E-state index contributed by atoms with van der Waals surface area (Å²) in [6.45, 7) is 0. The molecule has 0 heterocycles. The second-order valence-corrected chi connectivity index (χ2v) is 6.01. The van der Waals surface area contributed by atoms with E-state index in [-0.39, 0.29) is 24.1 Å². The highest BCUT2D eigenvalue weighted by atomic mass is 16.3. The zero-order valence-electron chi connectivity index (χ0n) is 12.5. The van der Waals surface area contributed by atoms with Crippen LogP contribution in [0.4, 0.5) is 0 Å². The molecule has 0 aliphatic heterocycles. The highest BCUT2D eigenvalue weighted by Gasteiger charge is 2.32. The quantitative estimate of drug-likeness (QED) is 0.860. The lowest BCUT2D eigenvalue weighted by atomic mass is 10.0. The van der Waals surface area contributed by atoms with Gasteiger partial charge in [0, 0.05) is 11.6 Å². The summed E-state index contributed by atoms with van der Waals surface area (Å²) in [6, 6.07) is 17.5. The van der Waals surface area contributed by atoms with Crippen LogP contribution in [0.15, 0.2) is 54.6 Å². The minimum atomic E-state index is -0.0191. The van der Waals surface area contributed by atoms with Crippen molar-refractivity contribution in [3.63, 3.8) is 0 Å². The van der Waals surface area contributed by atoms with Crippen molar-refractivity contribution >= 4 is 5.91 Å². The van der Waals surface area contributed by atoms with E-state index in [2.05, 4.69) is 17.4 Å². The molecule has 2 N–H and O–H groups in total. The summed E-state index contributed by atoms with van der Waals surface area (Å²) in [5.41, 5.74) is 1.93. The number of hydrogen-bond donors (Lipinski definition) is 2. The van der Waals surface area contributed by atoms with Gasteiger partial charge in [0.1, 0.15) is 5.75 Å². The minimum Gasteiger partial charge on any atom is -0.508 e. The van der Waals surface area contributed by atoms with Gasteiger partial charge in [-0.1, -0.05) is 48.5 Å². The first kappa shape index (κ1) is 14.6. The number of para-hydroxylation sites is 1. The normalized spacial score (nSPS) is 15.3. The molecule has 1 aliphatic rings. The third-order valence-corrected chi connectivity index (χ3v) is 4.18. The van der Waals surface area contributed by atoms with Gasteiger partial charge in [-0.25, -0.2) is 0 Å². The summed E-state index contributed by atoms with van der Waals surface area (Å²) >= 11 is 0. The average molecular weight is 295 g/mol. The number of hydrogen-bond acceptors (Lipinski definition) is 2. The molecule has 2 aromatic rings. The molecule has 3 nitrogen and oxygen atoms in total. The second-order valence-electron chi connectivity index (χ2n) is 6.01. The number of amides is 1. The molecule has 2 aromatic carbocycles. The third-order valence-electron chi connectivity index (χ3n) is 4.18. The van der Waals surface area contributed by atoms with Crippen LogP contribution in [0.1, 0.15) is 24.0 Å². The third kappa shape index (κ3) is 3.88. The van der Waals surface area contributed by atoms with Crippen LogP contribution in [-0.4, -0.2) is 17.1 Å². The molecule has 0 bridgehead atoms. The lowest BCUT2D eigenvalue weighted by Gasteiger charge is -2.18. The molecule has 0 unspecified atom stereocenters. The van der Waals surface area contributed by atoms with Crippen molar-refractivity contribution < 1.29 is 9.90 Å². The standard InChI is InChI=1S/C19H21NO2/c21-18-9-5-4-8-16(18)13-19(22)20-17(15-10-11-15)12-14-6-2-1-3-7-14/h1-9,15,17,21H,10-13H2,(H,20,22)/t17-/m0/s1. The summed E-state index contributed by atoms with van der Waals surface area (Å²) in [4.78, 5) is 12.3. The molecule has 3 rings (SSSR count). The number of phenolic OH excluding ortho intramolecular Hbond substituents is 1. The smallest absolute Gasteiger partial charge is 0.224 e. The fourth-order valence-electron chi connectivity index (χ4n) is 2.79. The van der Waals surface area contributed by atoms with E-state index in [0.717, 1.165) is 6.42 Å². The molecule has 0 aromatic heterocycles. The number of nitrogens with one attached hydrogen (secondary N) is 1. The summed E-state index contributed by atoms with van der Waals surface area (Å²) in [6.07, 6.45) is 3.48. The van der Waals surface area contributed by atoms with Crippen molar-refractivity contribution in [3.8, 4) is 5.75 Å². The van der Waals surface area contributed by atoms with Gasteiger partial charge in [0.25, 0.3) is 0 Å². The molecule has 1 atom stereocenters. The number of carbonyl (C=O) groups is 1. The second kappa shape index (κ2) is 6.65. The first-order valence-electron chi connectivity index (χ1n) is 7.82. The molecular formula is C19H21NO2. The van der Waals surface area contributed by atoms with Crippen molar-refractivity contribution in [1.29, 1.82) is 0 Å². The Bertz CT molecular complexity index is 635. The van der Waals surface area contributed by atoms with Crippen LogP contribution in [0, 0.1) is 5.92 Å². The van der Waals surface area contributed by atoms with Crippen molar-refractivity contribution in [2.45, 2.75) is 31.7 Å². The van der Waals surface area contributed by atoms with E-state index in [9.17, 15) is 9.90 Å². The lowest BCUT2D eigenvalue weighted by molar-refractivity contribution is -0.121. The van der Waals surface area contributed by atoms with Gasteiger partial charge in [0.05, 0.1) is 6.42 Å². The molecular weight excluding hydrogens is 274 g/mol. The van der Waals surface area contributed by atoms with Crippen molar-refractivity contribution in [3.05, 3.63) is 65.7 Å². The molecule has 114 valence electrons. The van der Waals surface area contributed by atoms with Gasteiger partial charge in [-0.2, -0.15) is 0 Å². The van der Waals surface area contributed by atoms with E-state index < -0.39 is 0 Å². The predicted molar refractivity (Wildman–Crippen MR) is 86.6 cm³/mol. The Hall–Kier alpha value is -2.29. The SMILES string of the molecule is O=C(Cc1ccccc1O)N[C@@H](Cc1ccccc1)C1CC1. The van der Waals surface area contributed by atoms with E-state index in [0.29, 0.717) is 11.5 Å². The summed E-state index contributed by atoms with van der Waals surface area (Å²) in [5.74, 6) is 0.756. The fraction of sp³-hybridized carbons (Fsp3) is 0.316. The monoisotopic (exact) mass is 295 g/mol. The Labute approximate surface area is 131 Å². The topological polar surface area (TPSA) is 49.3 Å². The first-order valence-corrected chi connectivity index (χ1v) is 7.82. The Kier molecular flexibility index (Phi) is 4.42. The molecule has 22 heavy (non-hydrogen) atoms. The van der Waals surface area contributed by atoms with E-state index in [1.807, 2.05) is 24.3 Å². The molecule has 1 amide bonds. The van der Waals surface area contributed by atoms with Gasteiger partial charge in [-0.3, -0.25) is 4.79 Å². The number of aromatic hydroxyl groups is 1. The summed E-state index contributed by atoms with van der Waals surface area (Å²) in [7, 11) is 0. The van der Waals surface area contributed by atoms with Crippen LogP contribution >= 0.6 is 0 Å². The maximum atomic E-state index is 12.3. The molecule has 1 saturated carbocycles. The Morgan fingerprint density at radius 3 is 2.45 bits per heavy atom. The highest BCUT2D eigenvalue weighted by Crippen LogP contribution is 2.34. The Morgan fingerprint density at radius 2 is 1.77 bits per heavy atom. The van der Waals surface area contributed by atoms with Gasteiger partial charge in [0.2, 0.25) is 5.91 Å². The zero-order valence-corrected chi connectivity index (χ0v) is 12.5. The van der Waals surface area contributed by atoms with Crippen LogP contribution in [0.25, 0.3) is 0 Å². The maximum absolute atomic E-state index is 12.3.